The standard InChI is InChI=1S/C24H25ClN8O2S/c1-15-18(23(35)28-6-5-27-8-10-34)14-33-22(15)21(16(12-26)13-30-33)31-17-3-4-20(19(25)11-17)36-24-29-7-9-32(24)2/h3-4,7,9,11,13-14,27,31,34H,5-6,8,10H2,1-2H3,(H,28,35). The molecule has 4 aromatic rings. The molecule has 1 amide bonds. The number of carbonyl (C=O) groups is 1. The van der Waals surface area contributed by atoms with Crippen LogP contribution in [0.1, 0.15) is 21.5 Å². The zero-order chi connectivity index (χ0) is 25.7. The van der Waals surface area contributed by atoms with Crippen molar-refractivity contribution >= 4 is 46.2 Å². The van der Waals surface area contributed by atoms with Gasteiger partial charge in [-0.15, -0.1) is 0 Å². The number of hydrogen-bond donors (Lipinski definition) is 4. The van der Waals surface area contributed by atoms with E-state index < -0.39 is 0 Å². The topological polar surface area (TPSA) is 132 Å². The van der Waals surface area contributed by atoms with Gasteiger partial charge in [0.2, 0.25) is 0 Å². The molecule has 0 saturated heterocycles. The third-order valence-corrected chi connectivity index (χ3v) is 7.05. The van der Waals surface area contributed by atoms with Gasteiger partial charge in [-0.05, 0) is 30.7 Å². The summed E-state index contributed by atoms with van der Waals surface area (Å²) < 4.78 is 3.50. The van der Waals surface area contributed by atoms with E-state index in [1.54, 1.807) is 23.0 Å². The molecule has 12 heteroatoms. The Hall–Kier alpha value is -3.56. The first-order chi connectivity index (χ1) is 17.4. The molecule has 3 aromatic heterocycles. The van der Waals surface area contributed by atoms with Crippen LogP contribution in [-0.4, -0.2) is 56.4 Å². The number of fused-ring (bicyclic) bond motifs is 1. The summed E-state index contributed by atoms with van der Waals surface area (Å²) in [6.45, 7) is 3.28. The summed E-state index contributed by atoms with van der Waals surface area (Å²) in [7, 11) is 1.92. The quantitative estimate of drug-likeness (QED) is 0.233. The number of aromatic nitrogens is 4. The Labute approximate surface area is 217 Å². The first-order valence-corrected chi connectivity index (χ1v) is 12.3. The number of imidazole rings is 1. The van der Waals surface area contributed by atoms with E-state index in [-0.39, 0.29) is 12.5 Å². The van der Waals surface area contributed by atoms with E-state index in [0.29, 0.717) is 58.2 Å². The number of amides is 1. The third-order valence-electron chi connectivity index (χ3n) is 5.48. The molecule has 0 saturated carbocycles. The molecule has 0 atom stereocenters. The Kier molecular flexibility index (Phi) is 8.12. The Balaban J connectivity index is 1.60. The Morgan fingerprint density at radius 1 is 1.31 bits per heavy atom. The van der Waals surface area contributed by atoms with E-state index in [1.165, 1.54) is 18.0 Å². The zero-order valence-corrected chi connectivity index (χ0v) is 21.3. The highest BCUT2D eigenvalue weighted by Crippen LogP contribution is 2.36. The number of nitrogens with one attached hydrogen (secondary N) is 3. The second-order valence-electron chi connectivity index (χ2n) is 7.93. The maximum absolute atomic E-state index is 12.8. The number of halogens is 1. The Morgan fingerprint density at radius 3 is 2.83 bits per heavy atom. The van der Waals surface area contributed by atoms with E-state index in [0.717, 1.165) is 10.1 Å². The lowest BCUT2D eigenvalue weighted by Gasteiger charge is -2.13. The van der Waals surface area contributed by atoms with Crippen LogP contribution in [0.25, 0.3) is 5.52 Å². The molecule has 36 heavy (non-hydrogen) atoms. The highest BCUT2D eigenvalue weighted by Gasteiger charge is 2.20. The molecule has 0 aliphatic heterocycles. The number of nitrogens with zero attached hydrogens (tertiary/aromatic N) is 5. The molecule has 186 valence electrons. The van der Waals surface area contributed by atoms with Gasteiger partial charge in [-0.2, -0.15) is 10.4 Å². The van der Waals surface area contributed by atoms with Crippen LogP contribution < -0.4 is 16.0 Å². The molecule has 4 rings (SSSR count). The van der Waals surface area contributed by atoms with E-state index >= 15 is 0 Å². The number of anilines is 2. The minimum Gasteiger partial charge on any atom is -0.395 e. The molecule has 3 heterocycles. The van der Waals surface area contributed by atoms with E-state index in [9.17, 15) is 10.1 Å². The van der Waals surface area contributed by atoms with Crippen molar-refractivity contribution in [3.05, 3.63) is 64.7 Å². The predicted octanol–water partition coefficient (Wildman–Crippen LogP) is 3.11. The number of aliphatic hydroxyl groups excluding tert-OH is 1. The molecule has 0 bridgehead atoms. The summed E-state index contributed by atoms with van der Waals surface area (Å²) in [6.07, 6.45) is 6.70. The fraction of sp³-hybridized carbons (Fsp3) is 0.250. The number of aryl methyl sites for hydroxylation is 2. The summed E-state index contributed by atoms with van der Waals surface area (Å²) in [4.78, 5) is 18.0. The monoisotopic (exact) mass is 524 g/mol. The van der Waals surface area contributed by atoms with Crippen LogP contribution in [0.3, 0.4) is 0 Å². The summed E-state index contributed by atoms with van der Waals surface area (Å²) in [6, 6.07) is 7.73. The zero-order valence-electron chi connectivity index (χ0n) is 19.7. The van der Waals surface area contributed by atoms with Gasteiger partial charge in [0.05, 0.1) is 40.2 Å². The molecule has 0 radical (unpaired) electrons. The smallest absolute Gasteiger partial charge is 0.253 e. The highest BCUT2D eigenvalue weighted by molar-refractivity contribution is 7.99. The third kappa shape index (κ3) is 5.47. The molecule has 1 aromatic carbocycles. The van der Waals surface area contributed by atoms with Crippen molar-refractivity contribution in [1.82, 2.24) is 29.8 Å². The van der Waals surface area contributed by atoms with E-state index in [2.05, 4.69) is 32.1 Å². The molecule has 0 aliphatic rings. The lowest BCUT2D eigenvalue weighted by Crippen LogP contribution is -2.33. The largest absolute Gasteiger partial charge is 0.395 e. The number of hydrogen-bond acceptors (Lipinski definition) is 8. The van der Waals surface area contributed by atoms with Gasteiger partial charge >= 0.3 is 0 Å². The van der Waals surface area contributed by atoms with Gasteiger partial charge in [-0.1, -0.05) is 23.4 Å². The normalized spacial score (nSPS) is 11.0. The van der Waals surface area contributed by atoms with Crippen molar-refractivity contribution in [3.8, 4) is 6.07 Å². The van der Waals surface area contributed by atoms with Crippen LogP contribution in [0, 0.1) is 18.3 Å². The Morgan fingerprint density at radius 2 is 2.14 bits per heavy atom. The minimum absolute atomic E-state index is 0.0392. The van der Waals surface area contributed by atoms with Gasteiger partial charge in [0, 0.05) is 55.9 Å². The summed E-state index contributed by atoms with van der Waals surface area (Å²) in [5.74, 6) is -0.244. The van der Waals surface area contributed by atoms with Crippen LogP contribution in [0.15, 0.2) is 53.0 Å². The highest BCUT2D eigenvalue weighted by atomic mass is 35.5. The van der Waals surface area contributed by atoms with Gasteiger partial charge in [-0.3, -0.25) is 4.79 Å². The molecule has 0 fully saturated rings. The van der Waals surface area contributed by atoms with Crippen LogP contribution >= 0.6 is 23.4 Å². The van der Waals surface area contributed by atoms with Crippen molar-refractivity contribution < 1.29 is 9.90 Å². The van der Waals surface area contributed by atoms with Crippen molar-refractivity contribution in [1.29, 1.82) is 5.26 Å². The first-order valence-electron chi connectivity index (χ1n) is 11.2. The van der Waals surface area contributed by atoms with Crippen LogP contribution in [-0.2, 0) is 7.05 Å². The van der Waals surface area contributed by atoms with Crippen molar-refractivity contribution in [3.63, 3.8) is 0 Å². The average molecular weight is 525 g/mol. The molecule has 4 N–H and O–H groups in total. The molecule has 10 nitrogen and oxygen atoms in total. The van der Waals surface area contributed by atoms with Gasteiger partial charge < -0.3 is 25.6 Å². The maximum atomic E-state index is 12.8. The van der Waals surface area contributed by atoms with E-state index in [4.69, 9.17) is 16.7 Å². The number of aliphatic hydroxyl groups is 1. The van der Waals surface area contributed by atoms with Crippen molar-refractivity contribution in [2.45, 2.75) is 17.0 Å². The second kappa shape index (κ2) is 11.5. The van der Waals surface area contributed by atoms with Gasteiger partial charge in [0.15, 0.2) is 5.16 Å². The molecule has 0 spiro atoms. The van der Waals surface area contributed by atoms with Gasteiger partial charge in [0.25, 0.3) is 5.91 Å². The van der Waals surface area contributed by atoms with Crippen LogP contribution in [0.2, 0.25) is 5.02 Å². The summed E-state index contributed by atoms with van der Waals surface area (Å²) in [5.41, 5.74) is 3.34. The maximum Gasteiger partial charge on any atom is 0.253 e. The number of rotatable bonds is 10. The summed E-state index contributed by atoms with van der Waals surface area (Å²) in [5, 5.41) is 33.4. The lowest BCUT2D eigenvalue weighted by atomic mass is 10.1. The predicted molar refractivity (Wildman–Crippen MR) is 139 cm³/mol. The number of carbonyl (C=O) groups excluding carboxylic acids is 1. The van der Waals surface area contributed by atoms with E-state index in [1.807, 2.05) is 36.9 Å². The summed E-state index contributed by atoms with van der Waals surface area (Å²) >= 11 is 8.02. The van der Waals surface area contributed by atoms with Crippen molar-refractivity contribution in [2.24, 2.45) is 7.05 Å². The first kappa shape index (κ1) is 25.5. The fourth-order valence-electron chi connectivity index (χ4n) is 3.65. The average Bonchev–Trinajstić information content (AvgIpc) is 3.43. The molecule has 0 aliphatic carbocycles. The molecular weight excluding hydrogens is 500 g/mol. The molecular formula is C24H25ClN8O2S. The number of nitriles is 1. The minimum atomic E-state index is -0.244. The number of benzene rings is 1. The van der Waals surface area contributed by atoms with Crippen molar-refractivity contribution in [2.75, 3.05) is 31.6 Å². The SMILES string of the molecule is Cc1c(C(=O)NCCNCCO)cn2ncc(C#N)c(Nc3ccc(Sc4nccn4C)c(Cl)c3)c12. The second-order valence-corrected chi connectivity index (χ2v) is 9.34. The van der Waals surface area contributed by atoms with Crippen LogP contribution in [0.5, 0.6) is 0 Å². The Bertz CT molecular complexity index is 1440. The fourth-order valence-corrected chi connectivity index (χ4v) is 4.75. The van der Waals surface area contributed by atoms with Gasteiger partial charge in [0.1, 0.15) is 6.07 Å². The molecule has 0 unspecified atom stereocenters. The lowest BCUT2D eigenvalue weighted by molar-refractivity contribution is 0.0953. The van der Waals surface area contributed by atoms with Gasteiger partial charge in [-0.25, -0.2) is 9.50 Å². The van der Waals surface area contributed by atoms with Crippen LogP contribution in [0.4, 0.5) is 11.4 Å².